The Kier molecular flexibility index (Phi) is 4.08. The number of anilines is 2. The van der Waals surface area contributed by atoms with Gasteiger partial charge in [-0.1, -0.05) is 42.0 Å². The highest BCUT2D eigenvalue weighted by Gasteiger charge is 2.34. The number of nitro groups is 1. The molecular weight excluding hydrogens is 342 g/mol. The number of benzene rings is 3. The van der Waals surface area contributed by atoms with Crippen molar-refractivity contribution in [1.29, 1.82) is 0 Å². The Morgan fingerprint density at radius 2 is 1.74 bits per heavy atom. The average Bonchev–Trinajstić information content (AvgIpc) is 2.69. The van der Waals surface area contributed by atoms with Crippen LogP contribution in [0.1, 0.15) is 27.7 Å². The number of nitro benzene ring substituents is 1. The predicted octanol–water partition coefficient (Wildman–Crippen LogP) is 4.67. The van der Waals surface area contributed by atoms with E-state index in [0.29, 0.717) is 16.8 Å². The van der Waals surface area contributed by atoms with E-state index < -0.39 is 11.1 Å². The van der Waals surface area contributed by atoms with Gasteiger partial charge in [-0.25, -0.2) is 0 Å². The summed E-state index contributed by atoms with van der Waals surface area (Å²) in [6.45, 7) is 1.98. The maximum absolute atomic E-state index is 13.3. The van der Waals surface area contributed by atoms with Gasteiger partial charge < -0.3 is 5.32 Å². The van der Waals surface area contributed by atoms with Crippen LogP contribution in [0.15, 0.2) is 72.8 Å². The van der Waals surface area contributed by atoms with Crippen molar-refractivity contribution in [2.75, 3.05) is 10.2 Å². The molecule has 0 saturated heterocycles. The molecule has 1 N–H and O–H groups in total. The molecule has 1 heterocycles. The van der Waals surface area contributed by atoms with Gasteiger partial charge in [0.05, 0.1) is 10.5 Å². The maximum atomic E-state index is 13.3. The fourth-order valence-corrected chi connectivity index (χ4v) is 3.27. The summed E-state index contributed by atoms with van der Waals surface area (Å²) in [6.07, 6.45) is -0.546. The lowest BCUT2D eigenvalue weighted by molar-refractivity contribution is -0.384. The summed E-state index contributed by atoms with van der Waals surface area (Å²) >= 11 is 0. The molecule has 1 aliphatic heterocycles. The number of hydrogen-bond donors (Lipinski definition) is 1. The molecule has 134 valence electrons. The van der Waals surface area contributed by atoms with Gasteiger partial charge in [0.2, 0.25) is 0 Å². The number of fused-ring (bicyclic) bond motifs is 1. The van der Waals surface area contributed by atoms with Crippen LogP contribution in [0.2, 0.25) is 0 Å². The molecule has 6 heteroatoms. The van der Waals surface area contributed by atoms with Crippen molar-refractivity contribution in [2.24, 2.45) is 0 Å². The van der Waals surface area contributed by atoms with Crippen molar-refractivity contribution in [1.82, 2.24) is 0 Å². The number of carbonyl (C=O) groups excluding carboxylic acids is 1. The SMILES string of the molecule is Cc1ccc(N2C(=O)c3ccccc3NC2c2cccc([N+](=O)[O-])c2)cc1. The largest absolute Gasteiger partial charge is 0.360 e. The molecule has 1 aliphatic rings. The Morgan fingerprint density at radius 1 is 1.00 bits per heavy atom. The molecule has 3 aromatic rings. The molecule has 0 aliphatic carbocycles. The number of aryl methyl sites for hydroxylation is 1. The molecule has 1 atom stereocenters. The van der Waals surface area contributed by atoms with E-state index in [4.69, 9.17) is 0 Å². The molecule has 1 amide bonds. The van der Waals surface area contributed by atoms with E-state index in [1.54, 1.807) is 23.1 Å². The molecule has 6 nitrogen and oxygen atoms in total. The minimum Gasteiger partial charge on any atom is -0.360 e. The smallest absolute Gasteiger partial charge is 0.269 e. The summed E-state index contributed by atoms with van der Waals surface area (Å²) in [6, 6.07) is 21.3. The van der Waals surface area contributed by atoms with Gasteiger partial charge in [-0.3, -0.25) is 19.8 Å². The zero-order valence-electron chi connectivity index (χ0n) is 14.6. The normalized spacial score (nSPS) is 15.8. The summed E-state index contributed by atoms with van der Waals surface area (Å²) in [4.78, 5) is 25.7. The third-order valence-corrected chi connectivity index (χ3v) is 4.64. The zero-order valence-corrected chi connectivity index (χ0v) is 14.6. The first kappa shape index (κ1) is 16.8. The second kappa shape index (κ2) is 6.57. The number of amides is 1. The molecule has 0 bridgehead atoms. The lowest BCUT2D eigenvalue weighted by Crippen LogP contribution is -2.43. The summed E-state index contributed by atoms with van der Waals surface area (Å²) in [5, 5.41) is 14.5. The van der Waals surface area contributed by atoms with Crippen molar-refractivity contribution in [3.63, 3.8) is 0 Å². The lowest BCUT2D eigenvalue weighted by Gasteiger charge is -2.38. The Bertz CT molecular complexity index is 1030. The number of nitrogens with one attached hydrogen (secondary N) is 1. The number of rotatable bonds is 3. The highest BCUT2D eigenvalue weighted by atomic mass is 16.6. The molecular formula is C21H17N3O3. The van der Waals surface area contributed by atoms with Crippen LogP contribution in [-0.2, 0) is 0 Å². The quantitative estimate of drug-likeness (QED) is 0.544. The standard InChI is InChI=1S/C21H17N3O3/c1-14-9-11-16(12-10-14)23-20(15-5-4-6-17(13-15)24(26)27)22-19-8-3-2-7-18(19)21(23)25/h2-13,20,22H,1H3. The van der Waals surface area contributed by atoms with Crippen LogP contribution in [0.5, 0.6) is 0 Å². The fourth-order valence-electron chi connectivity index (χ4n) is 3.27. The number of nitrogens with zero attached hydrogens (tertiary/aromatic N) is 2. The molecule has 0 spiro atoms. The minimum atomic E-state index is -0.546. The van der Waals surface area contributed by atoms with Crippen LogP contribution >= 0.6 is 0 Å². The molecule has 0 fully saturated rings. The van der Waals surface area contributed by atoms with Gasteiger partial charge in [0.15, 0.2) is 0 Å². The third-order valence-electron chi connectivity index (χ3n) is 4.64. The zero-order chi connectivity index (χ0) is 19.0. The van der Waals surface area contributed by atoms with Crippen molar-refractivity contribution >= 4 is 23.0 Å². The number of non-ortho nitro benzene ring substituents is 1. The minimum absolute atomic E-state index is 0.00976. The topological polar surface area (TPSA) is 75.5 Å². The molecule has 27 heavy (non-hydrogen) atoms. The van der Waals surface area contributed by atoms with Crippen LogP contribution in [0.4, 0.5) is 17.1 Å². The average molecular weight is 359 g/mol. The highest BCUT2D eigenvalue weighted by Crippen LogP contribution is 2.37. The molecule has 4 rings (SSSR count). The lowest BCUT2D eigenvalue weighted by atomic mass is 10.0. The summed E-state index contributed by atoms with van der Waals surface area (Å²) < 4.78 is 0. The Labute approximate surface area is 156 Å². The van der Waals surface area contributed by atoms with E-state index in [9.17, 15) is 14.9 Å². The highest BCUT2D eigenvalue weighted by molar-refractivity contribution is 6.12. The van der Waals surface area contributed by atoms with Gasteiger partial charge in [-0.05, 0) is 31.2 Å². The first-order valence-electron chi connectivity index (χ1n) is 8.55. The molecule has 0 saturated carbocycles. The third kappa shape index (κ3) is 3.01. The molecule has 3 aromatic carbocycles. The monoisotopic (exact) mass is 359 g/mol. The number of hydrogen-bond acceptors (Lipinski definition) is 4. The van der Waals surface area contributed by atoms with Crippen molar-refractivity contribution in [2.45, 2.75) is 13.1 Å². The van der Waals surface area contributed by atoms with Gasteiger partial charge >= 0.3 is 0 Å². The van der Waals surface area contributed by atoms with Crippen molar-refractivity contribution < 1.29 is 9.72 Å². The maximum Gasteiger partial charge on any atom is 0.269 e. The van der Waals surface area contributed by atoms with Crippen LogP contribution in [-0.4, -0.2) is 10.8 Å². The van der Waals surface area contributed by atoms with E-state index >= 15 is 0 Å². The number of para-hydroxylation sites is 1. The van der Waals surface area contributed by atoms with Gasteiger partial charge in [-0.15, -0.1) is 0 Å². The van der Waals surface area contributed by atoms with Crippen molar-refractivity contribution in [3.05, 3.63) is 99.6 Å². The molecule has 0 aromatic heterocycles. The molecule has 1 unspecified atom stereocenters. The first-order chi connectivity index (χ1) is 13.0. The first-order valence-corrected chi connectivity index (χ1v) is 8.55. The van der Waals surface area contributed by atoms with E-state index in [1.165, 1.54) is 12.1 Å². The van der Waals surface area contributed by atoms with E-state index in [2.05, 4.69) is 5.32 Å². The fraction of sp³-hybridized carbons (Fsp3) is 0.0952. The van der Waals surface area contributed by atoms with Crippen LogP contribution in [0.3, 0.4) is 0 Å². The molecule has 0 radical (unpaired) electrons. The van der Waals surface area contributed by atoms with Gasteiger partial charge in [0.1, 0.15) is 6.17 Å². The second-order valence-corrected chi connectivity index (χ2v) is 6.46. The summed E-state index contributed by atoms with van der Waals surface area (Å²) in [7, 11) is 0. The van der Waals surface area contributed by atoms with Gasteiger partial charge in [0.25, 0.3) is 11.6 Å². The van der Waals surface area contributed by atoms with E-state index in [0.717, 1.165) is 11.3 Å². The Hall–Kier alpha value is -3.67. The van der Waals surface area contributed by atoms with Crippen LogP contribution < -0.4 is 10.2 Å². The summed E-state index contributed by atoms with van der Waals surface area (Å²) in [5.74, 6) is -0.148. The second-order valence-electron chi connectivity index (χ2n) is 6.46. The number of carbonyl (C=O) groups is 1. The summed E-state index contributed by atoms with van der Waals surface area (Å²) in [5.41, 5.74) is 3.73. The van der Waals surface area contributed by atoms with Gasteiger partial charge in [-0.2, -0.15) is 0 Å². The van der Waals surface area contributed by atoms with E-state index in [1.807, 2.05) is 49.4 Å². The van der Waals surface area contributed by atoms with E-state index in [-0.39, 0.29) is 11.6 Å². The van der Waals surface area contributed by atoms with Crippen LogP contribution in [0.25, 0.3) is 0 Å². The Morgan fingerprint density at radius 3 is 2.48 bits per heavy atom. The van der Waals surface area contributed by atoms with Crippen molar-refractivity contribution in [3.8, 4) is 0 Å². The predicted molar refractivity (Wildman–Crippen MR) is 104 cm³/mol. The Balaban J connectivity index is 1.86. The van der Waals surface area contributed by atoms with Gasteiger partial charge in [0, 0.05) is 29.1 Å². The van der Waals surface area contributed by atoms with Crippen LogP contribution in [0, 0.1) is 17.0 Å².